The van der Waals surface area contributed by atoms with Crippen molar-refractivity contribution in [1.82, 2.24) is 10.2 Å². The number of amides is 2. The maximum absolute atomic E-state index is 14.2. The Morgan fingerprint density at radius 2 is 1.79 bits per heavy atom. The predicted octanol–water partition coefficient (Wildman–Crippen LogP) is 4.19. The molecule has 0 aliphatic heterocycles. The van der Waals surface area contributed by atoms with Crippen molar-refractivity contribution in [3.8, 4) is 5.75 Å². The highest BCUT2D eigenvalue weighted by Crippen LogP contribution is 2.23. The summed E-state index contributed by atoms with van der Waals surface area (Å²) in [6, 6.07) is 12.1. The van der Waals surface area contributed by atoms with Crippen LogP contribution in [-0.4, -0.2) is 35.4 Å². The van der Waals surface area contributed by atoms with Crippen LogP contribution in [0, 0.1) is 5.82 Å². The topological polar surface area (TPSA) is 58.6 Å². The average Bonchev–Trinajstić information content (AvgIpc) is 2.71. The van der Waals surface area contributed by atoms with Gasteiger partial charge >= 0.3 is 0 Å². The van der Waals surface area contributed by atoms with Crippen LogP contribution in [0.15, 0.2) is 48.5 Å². The highest BCUT2D eigenvalue weighted by atomic mass is 35.5. The van der Waals surface area contributed by atoms with Gasteiger partial charge in [0.25, 0.3) is 5.91 Å². The van der Waals surface area contributed by atoms with E-state index in [0.717, 1.165) is 6.42 Å². The van der Waals surface area contributed by atoms with Crippen LogP contribution in [0.5, 0.6) is 5.75 Å². The minimum absolute atomic E-state index is 0.0326. The molecule has 0 aliphatic rings. The van der Waals surface area contributed by atoms with Gasteiger partial charge in [-0.3, -0.25) is 9.59 Å². The Labute approximate surface area is 175 Å². The van der Waals surface area contributed by atoms with E-state index in [-0.39, 0.29) is 25.1 Å². The average molecular weight is 421 g/mol. The molecule has 2 atom stereocenters. The van der Waals surface area contributed by atoms with E-state index in [1.807, 2.05) is 13.8 Å². The second-order valence-electron chi connectivity index (χ2n) is 6.83. The third-order valence-electron chi connectivity index (χ3n) is 4.65. The number of nitrogens with zero attached hydrogens (tertiary/aromatic N) is 1. The Bertz CT molecular complexity index is 846. The molecule has 2 aromatic carbocycles. The Balaban J connectivity index is 2.18. The van der Waals surface area contributed by atoms with Gasteiger partial charge in [0.15, 0.2) is 6.61 Å². The monoisotopic (exact) mass is 420 g/mol. The van der Waals surface area contributed by atoms with Gasteiger partial charge in [-0.1, -0.05) is 48.9 Å². The second-order valence-corrected chi connectivity index (χ2v) is 7.23. The first-order valence-corrected chi connectivity index (χ1v) is 9.91. The normalized spacial score (nSPS) is 12.7. The van der Waals surface area contributed by atoms with E-state index < -0.39 is 17.8 Å². The second kappa shape index (κ2) is 10.8. The first-order valence-electron chi connectivity index (χ1n) is 9.54. The van der Waals surface area contributed by atoms with Crippen LogP contribution < -0.4 is 10.1 Å². The number of nitrogens with one attached hydrogen (secondary N) is 1. The van der Waals surface area contributed by atoms with Gasteiger partial charge in [-0.15, -0.1) is 0 Å². The zero-order valence-corrected chi connectivity index (χ0v) is 17.6. The zero-order valence-electron chi connectivity index (χ0n) is 16.8. The quantitative estimate of drug-likeness (QED) is 0.661. The molecular formula is C22H26ClFN2O3. The molecule has 156 valence electrons. The predicted molar refractivity (Wildman–Crippen MR) is 111 cm³/mol. The highest BCUT2D eigenvalue weighted by molar-refractivity contribution is 6.32. The fraction of sp³-hybridized carbons (Fsp3) is 0.364. The molecule has 0 fully saturated rings. The summed E-state index contributed by atoms with van der Waals surface area (Å²) in [7, 11) is 0. The molecule has 0 bridgehead atoms. The molecular weight excluding hydrogens is 395 g/mol. The van der Waals surface area contributed by atoms with Gasteiger partial charge in [0.1, 0.15) is 17.6 Å². The lowest BCUT2D eigenvalue weighted by atomic mass is 10.1. The molecule has 2 aromatic rings. The van der Waals surface area contributed by atoms with Crippen molar-refractivity contribution in [1.29, 1.82) is 0 Å². The number of ether oxygens (including phenoxy) is 1. The summed E-state index contributed by atoms with van der Waals surface area (Å²) in [5.74, 6) is -0.821. The minimum atomic E-state index is -0.800. The van der Waals surface area contributed by atoms with Crippen molar-refractivity contribution in [2.45, 2.75) is 45.8 Å². The van der Waals surface area contributed by atoms with E-state index >= 15 is 0 Å². The molecule has 2 rings (SSSR count). The van der Waals surface area contributed by atoms with Crippen molar-refractivity contribution < 1.29 is 18.7 Å². The number of benzene rings is 2. The van der Waals surface area contributed by atoms with Crippen LogP contribution in [-0.2, 0) is 16.1 Å². The SMILES string of the molecule is CC[C@@H](C)NC(=O)[C@@H](C)N(Cc1ccccc1F)C(=O)COc1ccccc1Cl. The number of halogens is 2. The van der Waals surface area contributed by atoms with Crippen LogP contribution in [0.2, 0.25) is 5.02 Å². The summed E-state index contributed by atoms with van der Waals surface area (Å²) in [4.78, 5) is 26.8. The van der Waals surface area contributed by atoms with Gasteiger partial charge < -0.3 is 15.0 Å². The van der Waals surface area contributed by atoms with Crippen molar-refractivity contribution >= 4 is 23.4 Å². The number of carbonyl (C=O) groups is 2. The van der Waals surface area contributed by atoms with Crippen molar-refractivity contribution in [3.05, 3.63) is 64.9 Å². The van der Waals surface area contributed by atoms with E-state index in [1.54, 1.807) is 49.4 Å². The summed E-state index contributed by atoms with van der Waals surface area (Å²) >= 11 is 6.06. The Morgan fingerprint density at radius 3 is 2.45 bits per heavy atom. The van der Waals surface area contributed by atoms with Gasteiger partial charge in [-0.05, 0) is 38.5 Å². The molecule has 0 spiro atoms. The molecule has 0 aromatic heterocycles. The van der Waals surface area contributed by atoms with Crippen LogP contribution in [0.3, 0.4) is 0 Å². The lowest BCUT2D eigenvalue weighted by molar-refractivity contribution is -0.142. The standard InChI is InChI=1S/C22H26ClFN2O3/c1-4-15(2)25-22(28)16(3)26(13-17-9-5-7-11-19(17)24)21(27)14-29-20-12-8-6-10-18(20)23/h5-12,15-16H,4,13-14H2,1-3H3,(H,25,28)/t15-,16-/m1/s1. The van der Waals surface area contributed by atoms with Crippen LogP contribution in [0.25, 0.3) is 0 Å². The molecule has 0 aliphatic carbocycles. The van der Waals surface area contributed by atoms with Gasteiger partial charge in [-0.2, -0.15) is 0 Å². The minimum Gasteiger partial charge on any atom is -0.482 e. The van der Waals surface area contributed by atoms with Gasteiger partial charge in [0, 0.05) is 18.2 Å². The summed E-state index contributed by atoms with van der Waals surface area (Å²) < 4.78 is 19.7. The third kappa shape index (κ3) is 6.46. The van der Waals surface area contributed by atoms with E-state index in [0.29, 0.717) is 16.3 Å². The molecule has 0 radical (unpaired) electrons. The largest absolute Gasteiger partial charge is 0.482 e. The molecule has 2 amide bonds. The van der Waals surface area contributed by atoms with Crippen LogP contribution in [0.4, 0.5) is 4.39 Å². The smallest absolute Gasteiger partial charge is 0.261 e. The highest BCUT2D eigenvalue weighted by Gasteiger charge is 2.28. The third-order valence-corrected chi connectivity index (χ3v) is 4.97. The van der Waals surface area contributed by atoms with Crippen molar-refractivity contribution in [3.63, 3.8) is 0 Å². The van der Waals surface area contributed by atoms with Crippen LogP contribution >= 0.6 is 11.6 Å². The fourth-order valence-corrected chi connectivity index (χ4v) is 2.83. The molecule has 1 N–H and O–H groups in total. The first-order chi connectivity index (χ1) is 13.8. The zero-order chi connectivity index (χ0) is 21.4. The van der Waals surface area contributed by atoms with Crippen LogP contribution in [0.1, 0.15) is 32.8 Å². The number of hydrogen-bond donors (Lipinski definition) is 1. The molecule has 0 heterocycles. The number of carbonyl (C=O) groups excluding carboxylic acids is 2. The first kappa shape index (κ1) is 22.7. The molecule has 0 saturated heterocycles. The van der Waals surface area contributed by atoms with E-state index in [9.17, 15) is 14.0 Å². The van der Waals surface area contributed by atoms with E-state index in [2.05, 4.69) is 5.32 Å². The lowest BCUT2D eigenvalue weighted by Crippen LogP contribution is -2.50. The van der Waals surface area contributed by atoms with Crippen molar-refractivity contribution in [2.24, 2.45) is 0 Å². The summed E-state index contributed by atoms with van der Waals surface area (Å²) in [6.07, 6.45) is 0.759. The summed E-state index contributed by atoms with van der Waals surface area (Å²) in [6.45, 7) is 5.08. The molecule has 5 nitrogen and oxygen atoms in total. The molecule has 29 heavy (non-hydrogen) atoms. The maximum atomic E-state index is 14.2. The molecule has 0 unspecified atom stereocenters. The number of para-hydroxylation sites is 1. The van der Waals surface area contributed by atoms with Gasteiger partial charge in [-0.25, -0.2) is 4.39 Å². The maximum Gasteiger partial charge on any atom is 0.261 e. The van der Waals surface area contributed by atoms with E-state index in [4.69, 9.17) is 16.3 Å². The summed E-state index contributed by atoms with van der Waals surface area (Å²) in [5, 5.41) is 3.24. The van der Waals surface area contributed by atoms with Gasteiger partial charge in [0.2, 0.25) is 5.91 Å². The number of rotatable bonds is 9. The van der Waals surface area contributed by atoms with Gasteiger partial charge in [0.05, 0.1) is 5.02 Å². The number of hydrogen-bond acceptors (Lipinski definition) is 3. The van der Waals surface area contributed by atoms with E-state index in [1.165, 1.54) is 11.0 Å². The Kier molecular flexibility index (Phi) is 8.46. The Hall–Kier alpha value is -2.60. The lowest BCUT2D eigenvalue weighted by Gasteiger charge is -2.29. The fourth-order valence-electron chi connectivity index (χ4n) is 2.64. The van der Waals surface area contributed by atoms with Crippen molar-refractivity contribution in [2.75, 3.05) is 6.61 Å². The Morgan fingerprint density at radius 1 is 1.14 bits per heavy atom. The molecule has 7 heteroatoms. The summed E-state index contributed by atoms with van der Waals surface area (Å²) in [5.41, 5.74) is 0.321. The molecule has 0 saturated carbocycles.